The summed E-state index contributed by atoms with van der Waals surface area (Å²) in [5.74, 6) is -0.0536. The second-order valence-electron chi connectivity index (χ2n) is 8.24. The van der Waals surface area contributed by atoms with Gasteiger partial charge in [0.2, 0.25) is 10.0 Å². The molecule has 7 nitrogen and oxygen atoms in total. The molecule has 0 saturated carbocycles. The van der Waals surface area contributed by atoms with Crippen molar-refractivity contribution in [2.75, 3.05) is 36.4 Å². The third-order valence-corrected chi connectivity index (χ3v) is 8.18. The number of alkyl halides is 4. The first-order valence-corrected chi connectivity index (χ1v) is 13.4. The number of nitrogens with zero attached hydrogens (tertiary/aromatic N) is 3. The summed E-state index contributed by atoms with van der Waals surface area (Å²) in [4.78, 5) is 18.0. The lowest BCUT2D eigenvalue weighted by Gasteiger charge is -2.35. The summed E-state index contributed by atoms with van der Waals surface area (Å²) in [7, 11) is -3.86. The van der Waals surface area contributed by atoms with Crippen molar-refractivity contribution >= 4 is 50.6 Å². The molecule has 0 spiro atoms. The molecule has 1 amide bonds. The van der Waals surface area contributed by atoms with Gasteiger partial charge < -0.3 is 10.2 Å². The highest BCUT2D eigenvalue weighted by Crippen LogP contribution is 2.33. The SMILES string of the molecule is O=C(Nc1ccc(S(=O)(=O)N2CCN(c3cc(C(F)(F)F)cc(Cl)n3)CC2)cc1)c1cccc(CCl)c1. The van der Waals surface area contributed by atoms with Crippen LogP contribution in [0.4, 0.5) is 24.7 Å². The lowest BCUT2D eigenvalue weighted by atomic mass is 10.1. The Hall–Kier alpha value is -2.86. The Labute approximate surface area is 221 Å². The Balaban J connectivity index is 1.41. The van der Waals surface area contributed by atoms with Crippen LogP contribution in [0.2, 0.25) is 5.15 Å². The molecule has 0 unspecified atom stereocenters. The van der Waals surface area contributed by atoms with Crippen molar-refractivity contribution in [2.45, 2.75) is 17.0 Å². The van der Waals surface area contributed by atoms with Crippen LogP contribution < -0.4 is 10.2 Å². The van der Waals surface area contributed by atoms with E-state index in [9.17, 15) is 26.4 Å². The maximum absolute atomic E-state index is 13.1. The van der Waals surface area contributed by atoms with Crippen LogP contribution in [-0.4, -0.2) is 49.8 Å². The van der Waals surface area contributed by atoms with Gasteiger partial charge in [-0.15, -0.1) is 11.6 Å². The second-order valence-corrected chi connectivity index (χ2v) is 10.8. The van der Waals surface area contributed by atoms with Crippen molar-refractivity contribution < 1.29 is 26.4 Å². The van der Waals surface area contributed by atoms with E-state index < -0.39 is 21.8 Å². The van der Waals surface area contributed by atoms with Crippen molar-refractivity contribution in [3.05, 3.63) is 82.5 Å². The Bertz CT molecular complexity index is 1400. The van der Waals surface area contributed by atoms with Crippen LogP contribution in [0, 0.1) is 0 Å². The molecular weight excluding hydrogens is 552 g/mol. The van der Waals surface area contributed by atoms with Gasteiger partial charge in [-0.2, -0.15) is 17.5 Å². The van der Waals surface area contributed by atoms with Crippen LogP contribution in [0.1, 0.15) is 21.5 Å². The standard InChI is InChI=1S/C24H21Cl2F3N4O3S/c25-15-16-2-1-3-17(12-16)23(34)30-19-4-6-20(7-5-19)37(35,36)33-10-8-32(9-11-33)22-14-18(24(27,28)29)13-21(26)31-22/h1-7,12-14H,8-11,15H2,(H,30,34). The summed E-state index contributed by atoms with van der Waals surface area (Å²) in [5, 5.41) is 2.42. The third-order valence-electron chi connectivity index (χ3n) is 5.76. The van der Waals surface area contributed by atoms with Gasteiger partial charge in [-0.1, -0.05) is 23.7 Å². The van der Waals surface area contributed by atoms with E-state index in [1.165, 1.54) is 28.6 Å². The smallest absolute Gasteiger partial charge is 0.354 e. The van der Waals surface area contributed by atoms with E-state index >= 15 is 0 Å². The molecule has 37 heavy (non-hydrogen) atoms. The Morgan fingerprint density at radius 1 is 1.00 bits per heavy atom. The van der Waals surface area contributed by atoms with Crippen LogP contribution in [-0.2, 0) is 22.1 Å². The minimum atomic E-state index is -4.58. The number of rotatable bonds is 6. The number of carbonyl (C=O) groups excluding carboxylic acids is 1. The number of carbonyl (C=O) groups is 1. The molecule has 4 rings (SSSR count). The van der Waals surface area contributed by atoms with Gasteiger partial charge in [0, 0.05) is 43.3 Å². The van der Waals surface area contributed by atoms with Crippen LogP contribution in [0.5, 0.6) is 0 Å². The predicted molar refractivity (Wildman–Crippen MR) is 136 cm³/mol. The number of aromatic nitrogens is 1. The molecule has 0 bridgehead atoms. The molecule has 13 heteroatoms. The van der Waals surface area contributed by atoms with Crippen LogP contribution in [0.15, 0.2) is 65.6 Å². The molecule has 0 radical (unpaired) electrons. The maximum Gasteiger partial charge on any atom is 0.416 e. The van der Waals surface area contributed by atoms with Gasteiger partial charge in [-0.3, -0.25) is 4.79 Å². The number of amides is 1. The first-order chi connectivity index (χ1) is 17.5. The van der Waals surface area contributed by atoms with E-state index in [0.717, 1.165) is 17.7 Å². The van der Waals surface area contributed by atoms with Crippen LogP contribution >= 0.6 is 23.2 Å². The molecule has 196 valence electrons. The highest BCUT2D eigenvalue weighted by Gasteiger charge is 2.33. The fourth-order valence-corrected chi connectivity index (χ4v) is 5.62. The Morgan fingerprint density at radius 3 is 2.30 bits per heavy atom. The van der Waals surface area contributed by atoms with Gasteiger partial charge in [-0.05, 0) is 54.1 Å². The first-order valence-electron chi connectivity index (χ1n) is 11.0. The number of piperazine rings is 1. The Kier molecular flexibility index (Phi) is 7.98. The molecule has 1 aliphatic heterocycles. The first kappa shape index (κ1) is 27.2. The predicted octanol–water partition coefficient (Wildman–Crippen LogP) is 5.26. The Morgan fingerprint density at radius 2 is 1.68 bits per heavy atom. The molecule has 1 fully saturated rings. The number of sulfonamides is 1. The molecule has 0 atom stereocenters. The number of pyridine rings is 1. The number of halogens is 5. The monoisotopic (exact) mass is 572 g/mol. The van der Waals surface area contributed by atoms with Crippen molar-refractivity contribution in [1.29, 1.82) is 0 Å². The van der Waals surface area contributed by atoms with E-state index in [-0.39, 0.29) is 53.8 Å². The topological polar surface area (TPSA) is 82.6 Å². The lowest BCUT2D eigenvalue weighted by molar-refractivity contribution is -0.137. The molecule has 1 aromatic heterocycles. The third kappa shape index (κ3) is 6.35. The van der Waals surface area contributed by atoms with Gasteiger partial charge in [0.05, 0.1) is 10.5 Å². The van der Waals surface area contributed by atoms with Gasteiger partial charge in [-0.25, -0.2) is 13.4 Å². The van der Waals surface area contributed by atoms with Crippen molar-refractivity contribution in [1.82, 2.24) is 9.29 Å². The molecule has 2 aromatic carbocycles. The number of hydrogen-bond donors (Lipinski definition) is 1. The number of benzene rings is 2. The summed E-state index contributed by atoms with van der Waals surface area (Å²) in [6, 6.07) is 14.2. The van der Waals surface area contributed by atoms with E-state index in [0.29, 0.717) is 11.3 Å². The average Bonchev–Trinajstić information content (AvgIpc) is 2.88. The number of nitrogens with one attached hydrogen (secondary N) is 1. The van der Waals surface area contributed by atoms with Crippen molar-refractivity contribution in [3.63, 3.8) is 0 Å². The molecule has 1 saturated heterocycles. The molecule has 3 aromatic rings. The molecule has 1 aliphatic rings. The van der Waals surface area contributed by atoms with E-state index in [1.807, 2.05) is 0 Å². The summed E-state index contributed by atoms with van der Waals surface area (Å²) in [6.45, 7) is 0.374. The van der Waals surface area contributed by atoms with E-state index in [4.69, 9.17) is 23.2 Å². The zero-order chi connectivity index (χ0) is 26.8. The van der Waals surface area contributed by atoms with Crippen molar-refractivity contribution in [2.24, 2.45) is 0 Å². The summed E-state index contributed by atoms with van der Waals surface area (Å²) in [5.41, 5.74) is 0.709. The van der Waals surface area contributed by atoms with Gasteiger partial charge >= 0.3 is 6.18 Å². The normalized spacial score (nSPS) is 15.0. The van der Waals surface area contributed by atoms with E-state index in [1.54, 1.807) is 29.2 Å². The van der Waals surface area contributed by atoms with E-state index in [2.05, 4.69) is 10.3 Å². The zero-order valence-corrected chi connectivity index (χ0v) is 21.5. The van der Waals surface area contributed by atoms with Gasteiger partial charge in [0.15, 0.2) is 0 Å². The molecular formula is C24H21Cl2F3N4O3S. The number of anilines is 2. The van der Waals surface area contributed by atoms with Gasteiger partial charge in [0.1, 0.15) is 11.0 Å². The average molecular weight is 573 g/mol. The minimum absolute atomic E-state index is 0.0309. The highest BCUT2D eigenvalue weighted by molar-refractivity contribution is 7.89. The summed E-state index contributed by atoms with van der Waals surface area (Å²) < 4.78 is 66.8. The second kappa shape index (κ2) is 10.9. The maximum atomic E-state index is 13.1. The van der Waals surface area contributed by atoms with Crippen LogP contribution in [0.25, 0.3) is 0 Å². The fraction of sp³-hybridized carbons (Fsp3) is 0.250. The minimum Gasteiger partial charge on any atom is -0.354 e. The van der Waals surface area contributed by atoms with Crippen LogP contribution in [0.3, 0.4) is 0 Å². The quantitative estimate of drug-likeness (QED) is 0.322. The fourth-order valence-electron chi connectivity index (χ4n) is 3.82. The molecule has 2 heterocycles. The largest absolute Gasteiger partial charge is 0.416 e. The van der Waals surface area contributed by atoms with Crippen molar-refractivity contribution in [3.8, 4) is 0 Å². The number of hydrogen-bond acceptors (Lipinski definition) is 5. The zero-order valence-electron chi connectivity index (χ0n) is 19.2. The molecule has 1 N–H and O–H groups in total. The summed E-state index contributed by atoms with van der Waals surface area (Å²) >= 11 is 11.6. The summed E-state index contributed by atoms with van der Waals surface area (Å²) in [6.07, 6.45) is -4.58. The molecule has 0 aliphatic carbocycles. The highest BCUT2D eigenvalue weighted by atomic mass is 35.5. The lowest BCUT2D eigenvalue weighted by Crippen LogP contribution is -2.49. The van der Waals surface area contributed by atoms with Gasteiger partial charge in [0.25, 0.3) is 5.91 Å².